The van der Waals surface area contributed by atoms with Crippen LogP contribution in [0.3, 0.4) is 0 Å². The Bertz CT molecular complexity index is 124. The van der Waals surface area contributed by atoms with Crippen LogP contribution in [0.5, 0.6) is 0 Å². The van der Waals surface area contributed by atoms with Crippen LogP contribution in [-0.4, -0.2) is 17.5 Å². The van der Waals surface area contributed by atoms with Crippen LogP contribution in [0.15, 0.2) is 0 Å². The van der Waals surface area contributed by atoms with Crippen LogP contribution >= 0.6 is 11.8 Å². The quantitative estimate of drug-likeness (QED) is 0.394. The molecule has 0 spiro atoms. The molecule has 0 amide bonds. The molecule has 0 radical (unpaired) electrons. The zero-order valence-electron chi connectivity index (χ0n) is 8.59. The zero-order valence-corrected chi connectivity index (χ0v) is 9.41. The normalized spacial score (nSPS) is 24.9. The predicted molar refractivity (Wildman–Crippen MR) is 60.7 cm³/mol. The van der Waals surface area contributed by atoms with Gasteiger partial charge in [0.05, 0.1) is 0 Å². The Morgan fingerprint density at radius 2 is 2.38 bits per heavy atom. The van der Waals surface area contributed by atoms with Gasteiger partial charge in [0.2, 0.25) is 0 Å². The first kappa shape index (κ1) is 11.3. The lowest BCUT2D eigenvalue weighted by Gasteiger charge is -2.21. The number of hydrogen-bond donors (Lipinski definition) is 2. The molecule has 1 heterocycles. The molecule has 2 unspecified atom stereocenters. The average molecular weight is 202 g/mol. The minimum atomic E-state index is 0.571. The number of rotatable bonds is 6. The molecule has 3 N–H and O–H groups in total. The van der Waals surface area contributed by atoms with Crippen molar-refractivity contribution < 1.29 is 0 Å². The maximum absolute atomic E-state index is 5.58. The summed E-state index contributed by atoms with van der Waals surface area (Å²) in [4.78, 5) is 0. The Labute approximate surface area is 86.0 Å². The molecule has 78 valence electrons. The van der Waals surface area contributed by atoms with Gasteiger partial charge < -0.3 is 0 Å². The zero-order chi connectivity index (χ0) is 9.52. The molecule has 2 nitrogen and oxygen atoms in total. The first-order valence-corrected chi connectivity index (χ1v) is 6.57. The van der Waals surface area contributed by atoms with Crippen molar-refractivity contribution in [2.45, 2.75) is 45.1 Å². The molecule has 0 aromatic carbocycles. The van der Waals surface area contributed by atoms with Crippen LogP contribution in [0.25, 0.3) is 0 Å². The van der Waals surface area contributed by atoms with E-state index in [9.17, 15) is 0 Å². The highest BCUT2D eigenvalue weighted by atomic mass is 32.2. The van der Waals surface area contributed by atoms with Gasteiger partial charge in [-0.05, 0) is 30.3 Å². The van der Waals surface area contributed by atoms with Crippen LogP contribution < -0.4 is 11.3 Å². The highest BCUT2D eigenvalue weighted by molar-refractivity contribution is 7.99. The fraction of sp³-hybridized carbons (Fsp3) is 1.00. The van der Waals surface area contributed by atoms with E-state index in [4.69, 9.17) is 5.84 Å². The summed E-state index contributed by atoms with van der Waals surface area (Å²) in [6.07, 6.45) is 6.59. The molecule has 1 aliphatic heterocycles. The lowest BCUT2D eigenvalue weighted by Crippen LogP contribution is -2.40. The van der Waals surface area contributed by atoms with Crippen molar-refractivity contribution in [3.63, 3.8) is 0 Å². The van der Waals surface area contributed by atoms with E-state index in [1.165, 1.54) is 43.6 Å². The summed E-state index contributed by atoms with van der Waals surface area (Å²) in [6, 6.07) is 0.571. The highest BCUT2D eigenvalue weighted by Crippen LogP contribution is 2.27. The lowest BCUT2D eigenvalue weighted by molar-refractivity contribution is 0.357. The van der Waals surface area contributed by atoms with Crippen molar-refractivity contribution in [1.82, 2.24) is 5.43 Å². The second-order valence-electron chi connectivity index (χ2n) is 3.89. The summed E-state index contributed by atoms with van der Waals surface area (Å²) < 4.78 is 0. The second kappa shape index (κ2) is 6.68. The van der Waals surface area contributed by atoms with E-state index in [0.717, 1.165) is 5.92 Å². The summed E-state index contributed by atoms with van der Waals surface area (Å²) in [5.74, 6) is 9.04. The van der Waals surface area contributed by atoms with Gasteiger partial charge in [0.1, 0.15) is 0 Å². The van der Waals surface area contributed by atoms with Crippen LogP contribution in [0, 0.1) is 5.92 Å². The van der Waals surface area contributed by atoms with Gasteiger partial charge in [0.25, 0.3) is 0 Å². The van der Waals surface area contributed by atoms with Crippen molar-refractivity contribution in [1.29, 1.82) is 0 Å². The fourth-order valence-corrected chi connectivity index (χ4v) is 3.28. The van der Waals surface area contributed by atoms with Crippen molar-refractivity contribution in [2.75, 3.05) is 11.5 Å². The molecular formula is C10H22N2S. The SMILES string of the molecule is CCCCCC(NN)C1CCSC1. The Morgan fingerprint density at radius 3 is 2.92 bits per heavy atom. The smallest absolute Gasteiger partial charge is 0.0246 e. The van der Waals surface area contributed by atoms with Gasteiger partial charge >= 0.3 is 0 Å². The number of hydrazine groups is 1. The van der Waals surface area contributed by atoms with Gasteiger partial charge in [-0.2, -0.15) is 11.8 Å². The maximum Gasteiger partial charge on any atom is 0.0246 e. The Hall–Kier alpha value is 0.270. The second-order valence-corrected chi connectivity index (χ2v) is 5.04. The minimum absolute atomic E-state index is 0.571. The third-order valence-electron chi connectivity index (χ3n) is 2.87. The van der Waals surface area contributed by atoms with Crippen molar-refractivity contribution in [3.8, 4) is 0 Å². The van der Waals surface area contributed by atoms with Gasteiger partial charge in [0, 0.05) is 6.04 Å². The van der Waals surface area contributed by atoms with E-state index in [2.05, 4.69) is 24.1 Å². The number of nitrogens with two attached hydrogens (primary N) is 1. The molecule has 0 aromatic heterocycles. The standard InChI is InChI=1S/C10H22N2S/c1-2-3-4-5-10(12-11)9-6-7-13-8-9/h9-10,12H,2-8,11H2,1H3. The summed E-state index contributed by atoms with van der Waals surface area (Å²) in [5.41, 5.74) is 2.99. The number of thioether (sulfide) groups is 1. The maximum atomic E-state index is 5.58. The monoisotopic (exact) mass is 202 g/mol. The van der Waals surface area contributed by atoms with Crippen LogP contribution in [0.1, 0.15) is 39.0 Å². The molecular weight excluding hydrogens is 180 g/mol. The van der Waals surface area contributed by atoms with Crippen LogP contribution in [0.2, 0.25) is 0 Å². The van der Waals surface area contributed by atoms with Crippen molar-refractivity contribution in [2.24, 2.45) is 11.8 Å². The molecule has 1 rings (SSSR count). The Morgan fingerprint density at radius 1 is 1.54 bits per heavy atom. The molecule has 2 atom stereocenters. The third kappa shape index (κ3) is 3.88. The van der Waals surface area contributed by atoms with Gasteiger partial charge in [-0.3, -0.25) is 11.3 Å². The summed E-state index contributed by atoms with van der Waals surface area (Å²) in [5, 5.41) is 0. The van der Waals surface area contributed by atoms with Gasteiger partial charge in [-0.1, -0.05) is 26.2 Å². The molecule has 0 bridgehead atoms. The summed E-state index contributed by atoms with van der Waals surface area (Å²) in [7, 11) is 0. The predicted octanol–water partition coefficient (Wildman–Crippen LogP) is 2.15. The van der Waals surface area contributed by atoms with Gasteiger partial charge in [0.15, 0.2) is 0 Å². The molecule has 0 aliphatic carbocycles. The molecule has 0 aromatic rings. The summed E-state index contributed by atoms with van der Waals surface area (Å²) in [6.45, 7) is 2.25. The average Bonchev–Trinajstić information content (AvgIpc) is 2.65. The van der Waals surface area contributed by atoms with E-state index in [0.29, 0.717) is 6.04 Å². The van der Waals surface area contributed by atoms with E-state index in [1.54, 1.807) is 0 Å². The van der Waals surface area contributed by atoms with Gasteiger partial charge in [-0.15, -0.1) is 0 Å². The van der Waals surface area contributed by atoms with E-state index in [-0.39, 0.29) is 0 Å². The van der Waals surface area contributed by atoms with E-state index >= 15 is 0 Å². The number of hydrogen-bond acceptors (Lipinski definition) is 3. The van der Waals surface area contributed by atoms with Crippen molar-refractivity contribution in [3.05, 3.63) is 0 Å². The fourth-order valence-electron chi connectivity index (χ4n) is 1.94. The molecule has 0 saturated carbocycles. The number of nitrogens with one attached hydrogen (secondary N) is 1. The van der Waals surface area contributed by atoms with Crippen molar-refractivity contribution >= 4 is 11.8 Å². The molecule has 3 heteroatoms. The number of unbranched alkanes of at least 4 members (excludes halogenated alkanes) is 2. The minimum Gasteiger partial charge on any atom is -0.271 e. The van der Waals surface area contributed by atoms with Crippen LogP contribution in [0.4, 0.5) is 0 Å². The Kier molecular flexibility index (Phi) is 5.83. The molecule has 1 saturated heterocycles. The van der Waals surface area contributed by atoms with E-state index in [1.807, 2.05) is 0 Å². The first-order chi connectivity index (χ1) is 6.38. The summed E-state index contributed by atoms with van der Waals surface area (Å²) >= 11 is 2.07. The first-order valence-electron chi connectivity index (χ1n) is 5.42. The highest BCUT2D eigenvalue weighted by Gasteiger charge is 2.23. The van der Waals surface area contributed by atoms with Gasteiger partial charge in [-0.25, -0.2) is 0 Å². The molecule has 1 fully saturated rings. The van der Waals surface area contributed by atoms with Crippen LogP contribution in [-0.2, 0) is 0 Å². The lowest BCUT2D eigenvalue weighted by atomic mass is 9.95. The van der Waals surface area contributed by atoms with E-state index < -0.39 is 0 Å². The topological polar surface area (TPSA) is 38.0 Å². The third-order valence-corrected chi connectivity index (χ3v) is 4.05. The molecule has 1 aliphatic rings. The largest absolute Gasteiger partial charge is 0.271 e. The molecule has 13 heavy (non-hydrogen) atoms. The Balaban J connectivity index is 2.16.